The van der Waals surface area contributed by atoms with Crippen molar-refractivity contribution in [3.8, 4) is 0 Å². The maximum atomic E-state index is 11.0. The van der Waals surface area contributed by atoms with Crippen LogP contribution in [0.2, 0.25) is 0 Å². The summed E-state index contributed by atoms with van der Waals surface area (Å²) in [5.74, 6) is -0.0652. The first kappa shape index (κ1) is 12.3. The molecule has 0 fully saturated rings. The highest BCUT2D eigenvalue weighted by Gasteiger charge is 1.98. The summed E-state index contributed by atoms with van der Waals surface area (Å²) in [5, 5.41) is 2.71. The zero-order valence-corrected chi connectivity index (χ0v) is 8.26. The van der Waals surface area contributed by atoms with Gasteiger partial charge in [0.25, 0.3) is 0 Å². The van der Waals surface area contributed by atoms with E-state index in [1.165, 1.54) is 0 Å². The SMILES string of the molecule is CCONCC(=O)NCCCOC. The molecule has 0 radical (unpaired) electrons. The van der Waals surface area contributed by atoms with Gasteiger partial charge in [0.1, 0.15) is 0 Å². The van der Waals surface area contributed by atoms with Gasteiger partial charge in [-0.05, 0) is 13.3 Å². The molecule has 0 aromatic rings. The van der Waals surface area contributed by atoms with Gasteiger partial charge in [0.15, 0.2) is 0 Å². The largest absolute Gasteiger partial charge is 0.385 e. The van der Waals surface area contributed by atoms with Gasteiger partial charge in [-0.25, -0.2) is 0 Å². The minimum Gasteiger partial charge on any atom is -0.385 e. The molecule has 5 heteroatoms. The average molecular weight is 190 g/mol. The van der Waals surface area contributed by atoms with E-state index in [0.29, 0.717) is 19.8 Å². The van der Waals surface area contributed by atoms with Gasteiger partial charge >= 0.3 is 0 Å². The summed E-state index contributed by atoms with van der Waals surface area (Å²) in [6.45, 7) is 3.90. The number of hydroxylamine groups is 1. The summed E-state index contributed by atoms with van der Waals surface area (Å²) in [4.78, 5) is 15.8. The van der Waals surface area contributed by atoms with Crippen LogP contribution in [0.1, 0.15) is 13.3 Å². The highest BCUT2D eigenvalue weighted by molar-refractivity contribution is 5.77. The molecular formula is C8H18N2O3. The van der Waals surface area contributed by atoms with E-state index in [4.69, 9.17) is 9.57 Å². The maximum absolute atomic E-state index is 11.0. The van der Waals surface area contributed by atoms with Gasteiger partial charge in [-0.1, -0.05) is 0 Å². The van der Waals surface area contributed by atoms with Crippen LogP contribution in [0, 0.1) is 0 Å². The number of hydrogen-bond acceptors (Lipinski definition) is 4. The van der Waals surface area contributed by atoms with Crippen LogP contribution >= 0.6 is 0 Å². The van der Waals surface area contributed by atoms with Crippen LogP contribution in [0.3, 0.4) is 0 Å². The molecule has 0 spiro atoms. The van der Waals surface area contributed by atoms with Crippen LogP contribution in [0.4, 0.5) is 0 Å². The van der Waals surface area contributed by atoms with Crippen molar-refractivity contribution in [1.82, 2.24) is 10.8 Å². The molecule has 2 N–H and O–H groups in total. The predicted molar refractivity (Wildman–Crippen MR) is 49.1 cm³/mol. The van der Waals surface area contributed by atoms with E-state index in [1.807, 2.05) is 6.92 Å². The summed E-state index contributed by atoms with van der Waals surface area (Å²) in [6.07, 6.45) is 0.830. The van der Waals surface area contributed by atoms with Gasteiger partial charge in [-0.15, -0.1) is 0 Å². The van der Waals surface area contributed by atoms with Gasteiger partial charge < -0.3 is 14.9 Å². The lowest BCUT2D eigenvalue weighted by molar-refractivity contribution is -0.122. The highest BCUT2D eigenvalue weighted by Crippen LogP contribution is 1.76. The predicted octanol–water partition coefficient (Wildman–Crippen LogP) is -0.320. The molecule has 78 valence electrons. The first-order valence-electron chi connectivity index (χ1n) is 4.41. The molecular weight excluding hydrogens is 172 g/mol. The molecule has 0 aliphatic carbocycles. The molecule has 0 aromatic heterocycles. The van der Waals surface area contributed by atoms with Crippen LogP contribution in [0.15, 0.2) is 0 Å². The molecule has 0 aliphatic heterocycles. The molecule has 0 aromatic carbocycles. The zero-order chi connectivity index (χ0) is 9.94. The van der Waals surface area contributed by atoms with E-state index < -0.39 is 0 Å². The van der Waals surface area contributed by atoms with E-state index in [9.17, 15) is 4.79 Å². The third-order valence-corrected chi connectivity index (χ3v) is 1.33. The molecule has 0 aliphatic rings. The number of amides is 1. The number of methoxy groups -OCH3 is 1. The standard InChI is InChI=1S/C8H18N2O3/c1-3-13-10-7-8(11)9-5-4-6-12-2/h10H,3-7H2,1-2H3,(H,9,11). The van der Waals surface area contributed by atoms with Crippen molar-refractivity contribution in [3.63, 3.8) is 0 Å². The molecule has 1 amide bonds. The Morgan fingerprint density at radius 1 is 1.46 bits per heavy atom. The number of nitrogens with one attached hydrogen (secondary N) is 2. The van der Waals surface area contributed by atoms with E-state index in [-0.39, 0.29) is 12.5 Å². The third-order valence-electron chi connectivity index (χ3n) is 1.33. The van der Waals surface area contributed by atoms with E-state index in [2.05, 4.69) is 10.8 Å². The van der Waals surface area contributed by atoms with Crippen LogP contribution in [0.5, 0.6) is 0 Å². The van der Waals surface area contributed by atoms with E-state index >= 15 is 0 Å². The Bertz CT molecular complexity index is 131. The second-order valence-electron chi connectivity index (χ2n) is 2.45. The molecule has 0 unspecified atom stereocenters. The minimum atomic E-state index is -0.0652. The Balaban J connectivity index is 3.11. The fraction of sp³-hybridized carbons (Fsp3) is 0.875. The van der Waals surface area contributed by atoms with Gasteiger partial charge in [-0.2, -0.15) is 5.48 Å². The normalized spacial score (nSPS) is 10.0. The lowest BCUT2D eigenvalue weighted by atomic mass is 10.4. The molecule has 5 nitrogen and oxygen atoms in total. The summed E-state index contributed by atoms with van der Waals surface area (Å²) < 4.78 is 4.83. The smallest absolute Gasteiger partial charge is 0.236 e. The number of ether oxygens (including phenoxy) is 1. The van der Waals surface area contributed by atoms with Crippen molar-refractivity contribution in [2.75, 3.05) is 33.4 Å². The summed E-state index contributed by atoms with van der Waals surface area (Å²) >= 11 is 0. The topological polar surface area (TPSA) is 59.6 Å². The Labute approximate surface area is 78.7 Å². The second-order valence-corrected chi connectivity index (χ2v) is 2.45. The van der Waals surface area contributed by atoms with Crippen molar-refractivity contribution in [2.24, 2.45) is 0 Å². The minimum absolute atomic E-state index is 0.0652. The van der Waals surface area contributed by atoms with Gasteiger partial charge in [-0.3, -0.25) is 4.79 Å². The Hall–Kier alpha value is -0.650. The van der Waals surface area contributed by atoms with Gasteiger partial charge in [0.2, 0.25) is 5.91 Å². The average Bonchev–Trinajstić information content (AvgIpc) is 2.13. The molecule has 0 rings (SSSR count). The number of carbonyl (C=O) groups excluding carboxylic acids is 1. The summed E-state index contributed by atoms with van der Waals surface area (Å²) in [5.41, 5.74) is 2.53. The molecule has 0 saturated heterocycles. The van der Waals surface area contributed by atoms with Crippen LogP contribution in [0.25, 0.3) is 0 Å². The molecule has 13 heavy (non-hydrogen) atoms. The van der Waals surface area contributed by atoms with Gasteiger partial charge in [0, 0.05) is 20.3 Å². The Morgan fingerprint density at radius 3 is 2.85 bits per heavy atom. The number of rotatable bonds is 8. The van der Waals surface area contributed by atoms with Crippen molar-refractivity contribution < 1.29 is 14.4 Å². The lowest BCUT2D eigenvalue weighted by Crippen LogP contribution is -2.34. The summed E-state index contributed by atoms with van der Waals surface area (Å²) in [6, 6.07) is 0. The molecule has 0 atom stereocenters. The first-order valence-corrected chi connectivity index (χ1v) is 4.41. The molecule has 0 saturated carbocycles. The second kappa shape index (κ2) is 9.44. The highest BCUT2D eigenvalue weighted by atomic mass is 16.6. The van der Waals surface area contributed by atoms with Crippen molar-refractivity contribution in [2.45, 2.75) is 13.3 Å². The van der Waals surface area contributed by atoms with E-state index in [0.717, 1.165) is 6.42 Å². The summed E-state index contributed by atoms with van der Waals surface area (Å²) in [7, 11) is 1.64. The fourth-order valence-corrected chi connectivity index (χ4v) is 0.725. The Kier molecular flexibility index (Phi) is 8.97. The van der Waals surface area contributed by atoms with Crippen LogP contribution in [-0.4, -0.2) is 39.3 Å². The van der Waals surface area contributed by atoms with E-state index in [1.54, 1.807) is 7.11 Å². The lowest BCUT2D eigenvalue weighted by Gasteiger charge is -2.05. The van der Waals surface area contributed by atoms with Crippen LogP contribution < -0.4 is 10.8 Å². The van der Waals surface area contributed by atoms with Crippen molar-refractivity contribution >= 4 is 5.91 Å². The van der Waals surface area contributed by atoms with Gasteiger partial charge in [0.05, 0.1) is 13.2 Å². The number of carbonyl (C=O) groups is 1. The monoisotopic (exact) mass is 190 g/mol. The van der Waals surface area contributed by atoms with Crippen molar-refractivity contribution in [1.29, 1.82) is 0 Å². The molecule has 0 heterocycles. The van der Waals surface area contributed by atoms with Crippen molar-refractivity contribution in [3.05, 3.63) is 0 Å². The van der Waals surface area contributed by atoms with Crippen LogP contribution in [-0.2, 0) is 14.4 Å². The fourth-order valence-electron chi connectivity index (χ4n) is 0.725. The maximum Gasteiger partial charge on any atom is 0.236 e. The quantitative estimate of drug-likeness (QED) is 0.407. The third kappa shape index (κ3) is 9.26. The molecule has 0 bridgehead atoms. The zero-order valence-electron chi connectivity index (χ0n) is 8.26. The number of hydrogen-bond donors (Lipinski definition) is 2. The first-order chi connectivity index (χ1) is 6.31. The Morgan fingerprint density at radius 2 is 2.23 bits per heavy atom.